The van der Waals surface area contributed by atoms with E-state index >= 15 is 0 Å². The van der Waals surface area contributed by atoms with E-state index in [1.54, 1.807) is 0 Å². The van der Waals surface area contributed by atoms with Gasteiger partial charge < -0.3 is 14.8 Å². The molecule has 0 fully saturated rings. The normalized spacial score (nSPS) is 13.1. The highest BCUT2D eigenvalue weighted by atomic mass is 16.4. The molecule has 6 nitrogen and oxygen atoms in total. The summed E-state index contributed by atoms with van der Waals surface area (Å²) in [4.78, 5) is 10.5. The molecule has 90 valence electrons. The smallest absolute Gasteiger partial charge is 0.332 e. The van der Waals surface area contributed by atoms with Gasteiger partial charge >= 0.3 is 5.97 Å². The fourth-order valence-electron chi connectivity index (χ4n) is 1.48. The summed E-state index contributed by atoms with van der Waals surface area (Å²) in [5, 5.41) is 25.7. The molecule has 0 bridgehead atoms. The lowest BCUT2D eigenvalue weighted by Crippen LogP contribution is -2.22. The predicted molar refractivity (Wildman–Crippen MR) is 57.1 cm³/mol. The average Bonchev–Trinajstić information content (AvgIpc) is 2.56. The van der Waals surface area contributed by atoms with E-state index in [9.17, 15) is 9.90 Å². The van der Waals surface area contributed by atoms with Gasteiger partial charge in [0.1, 0.15) is 11.6 Å². The molecule has 0 radical (unpaired) electrons. The average molecular weight is 227 g/mol. The number of aliphatic hydroxyl groups is 1. The monoisotopic (exact) mass is 227 g/mol. The summed E-state index contributed by atoms with van der Waals surface area (Å²) in [5.74, 6) is 0.580. The van der Waals surface area contributed by atoms with Crippen LogP contribution in [0.15, 0.2) is 0 Å². The van der Waals surface area contributed by atoms with E-state index < -0.39 is 12.1 Å². The molecule has 1 heterocycles. The van der Waals surface area contributed by atoms with Gasteiger partial charge in [-0.05, 0) is 6.92 Å². The van der Waals surface area contributed by atoms with E-state index in [2.05, 4.69) is 10.2 Å². The number of rotatable bonds is 5. The maximum Gasteiger partial charge on any atom is 0.332 e. The van der Waals surface area contributed by atoms with Crippen molar-refractivity contribution in [3.05, 3.63) is 11.6 Å². The number of nitrogens with zero attached hydrogens (tertiary/aromatic N) is 3. The minimum absolute atomic E-state index is 0.161. The highest BCUT2D eigenvalue weighted by Crippen LogP contribution is 2.13. The van der Waals surface area contributed by atoms with E-state index in [4.69, 9.17) is 5.11 Å². The standard InChI is InChI=1S/C10H17N3O3/c1-6(2)9-12-11-7(3)13(9)5-4-8(14)10(15)16/h6,8,14H,4-5H2,1-3H3,(H,15,16). The Balaban J connectivity index is 2.73. The van der Waals surface area contributed by atoms with Crippen LogP contribution in [-0.2, 0) is 11.3 Å². The van der Waals surface area contributed by atoms with E-state index in [1.807, 2.05) is 25.3 Å². The van der Waals surface area contributed by atoms with Gasteiger partial charge in [0.25, 0.3) is 0 Å². The van der Waals surface area contributed by atoms with Crippen molar-refractivity contribution in [2.24, 2.45) is 0 Å². The van der Waals surface area contributed by atoms with Crippen LogP contribution in [0.2, 0.25) is 0 Å². The summed E-state index contributed by atoms with van der Waals surface area (Å²) in [5.41, 5.74) is 0. The van der Waals surface area contributed by atoms with Crippen molar-refractivity contribution in [1.82, 2.24) is 14.8 Å². The molecule has 1 unspecified atom stereocenters. The molecule has 0 amide bonds. The van der Waals surface area contributed by atoms with E-state index in [-0.39, 0.29) is 12.3 Å². The number of carboxylic acid groups (broad SMARTS) is 1. The van der Waals surface area contributed by atoms with Crippen molar-refractivity contribution >= 4 is 5.97 Å². The summed E-state index contributed by atoms with van der Waals surface area (Å²) in [6.07, 6.45) is -1.17. The fourth-order valence-corrected chi connectivity index (χ4v) is 1.48. The third-order valence-electron chi connectivity index (χ3n) is 2.39. The Morgan fingerprint density at radius 1 is 1.44 bits per heavy atom. The highest BCUT2D eigenvalue weighted by molar-refractivity contribution is 5.71. The Bertz CT molecular complexity index is 373. The number of hydrogen-bond acceptors (Lipinski definition) is 4. The van der Waals surface area contributed by atoms with Gasteiger partial charge in [0, 0.05) is 18.9 Å². The molecule has 16 heavy (non-hydrogen) atoms. The summed E-state index contributed by atoms with van der Waals surface area (Å²) in [6, 6.07) is 0. The molecule has 0 aliphatic heterocycles. The van der Waals surface area contributed by atoms with E-state index in [1.165, 1.54) is 0 Å². The zero-order valence-corrected chi connectivity index (χ0v) is 9.71. The number of aliphatic hydroxyl groups excluding tert-OH is 1. The third-order valence-corrected chi connectivity index (χ3v) is 2.39. The molecule has 0 aromatic carbocycles. The number of aromatic nitrogens is 3. The van der Waals surface area contributed by atoms with Crippen molar-refractivity contribution < 1.29 is 15.0 Å². The minimum atomic E-state index is -1.33. The van der Waals surface area contributed by atoms with Crippen molar-refractivity contribution in [3.8, 4) is 0 Å². The first-order chi connectivity index (χ1) is 7.43. The second kappa shape index (κ2) is 5.07. The van der Waals surface area contributed by atoms with Gasteiger partial charge in [0.2, 0.25) is 0 Å². The van der Waals surface area contributed by atoms with Crippen molar-refractivity contribution in [2.45, 2.75) is 45.8 Å². The molecule has 1 rings (SSSR count). The van der Waals surface area contributed by atoms with E-state index in [0.717, 1.165) is 11.6 Å². The summed E-state index contributed by atoms with van der Waals surface area (Å²) in [6.45, 7) is 6.22. The summed E-state index contributed by atoms with van der Waals surface area (Å²) < 4.78 is 1.84. The summed E-state index contributed by atoms with van der Waals surface area (Å²) in [7, 11) is 0. The zero-order chi connectivity index (χ0) is 12.3. The lowest BCUT2D eigenvalue weighted by molar-refractivity contribution is -0.147. The number of carboxylic acids is 1. The fraction of sp³-hybridized carbons (Fsp3) is 0.700. The van der Waals surface area contributed by atoms with Crippen molar-refractivity contribution in [3.63, 3.8) is 0 Å². The van der Waals surface area contributed by atoms with Gasteiger partial charge in [-0.3, -0.25) is 0 Å². The quantitative estimate of drug-likeness (QED) is 0.766. The topological polar surface area (TPSA) is 88.2 Å². The predicted octanol–water partition coefficient (Wildman–Crippen LogP) is 0.546. The third kappa shape index (κ3) is 2.79. The first kappa shape index (κ1) is 12.6. The number of aryl methyl sites for hydroxylation is 1. The molecule has 0 saturated heterocycles. The van der Waals surface area contributed by atoms with Crippen LogP contribution in [-0.4, -0.2) is 37.1 Å². The highest BCUT2D eigenvalue weighted by Gasteiger charge is 2.16. The Morgan fingerprint density at radius 3 is 2.56 bits per heavy atom. The van der Waals surface area contributed by atoms with Gasteiger partial charge in [-0.2, -0.15) is 0 Å². The van der Waals surface area contributed by atoms with Crippen LogP contribution in [0.25, 0.3) is 0 Å². The van der Waals surface area contributed by atoms with Crippen LogP contribution in [0.4, 0.5) is 0 Å². The first-order valence-electron chi connectivity index (χ1n) is 5.24. The van der Waals surface area contributed by atoms with Gasteiger partial charge in [-0.15, -0.1) is 10.2 Å². The molecule has 6 heteroatoms. The Labute approximate surface area is 93.9 Å². The lowest BCUT2D eigenvalue weighted by Gasteiger charge is -2.11. The first-order valence-corrected chi connectivity index (χ1v) is 5.24. The van der Waals surface area contributed by atoms with Crippen LogP contribution >= 0.6 is 0 Å². The molecule has 0 aliphatic rings. The molecule has 1 aromatic heterocycles. The van der Waals surface area contributed by atoms with E-state index in [0.29, 0.717) is 6.54 Å². The molecular formula is C10H17N3O3. The van der Waals surface area contributed by atoms with Crippen LogP contribution in [0.5, 0.6) is 0 Å². The van der Waals surface area contributed by atoms with Crippen LogP contribution in [0.3, 0.4) is 0 Å². The zero-order valence-electron chi connectivity index (χ0n) is 9.71. The number of hydrogen-bond donors (Lipinski definition) is 2. The van der Waals surface area contributed by atoms with Gasteiger partial charge in [0.05, 0.1) is 0 Å². The lowest BCUT2D eigenvalue weighted by atomic mass is 10.2. The molecule has 0 aliphatic carbocycles. The largest absolute Gasteiger partial charge is 0.479 e. The van der Waals surface area contributed by atoms with Gasteiger partial charge in [-0.1, -0.05) is 13.8 Å². The molecular weight excluding hydrogens is 210 g/mol. The maximum absolute atomic E-state index is 10.5. The molecule has 0 saturated carbocycles. The molecule has 1 atom stereocenters. The Morgan fingerprint density at radius 2 is 2.06 bits per heavy atom. The molecule has 1 aromatic rings. The molecule has 2 N–H and O–H groups in total. The summed E-state index contributed by atoms with van der Waals surface area (Å²) >= 11 is 0. The van der Waals surface area contributed by atoms with Crippen LogP contribution < -0.4 is 0 Å². The van der Waals surface area contributed by atoms with Gasteiger partial charge in [-0.25, -0.2) is 4.79 Å². The second-order valence-corrected chi connectivity index (χ2v) is 4.05. The Hall–Kier alpha value is -1.43. The SMILES string of the molecule is Cc1nnc(C(C)C)n1CCC(O)C(=O)O. The Kier molecular flexibility index (Phi) is 4.00. The van der Waals surface area contributed by atoms with Crippen molar-refractivity contribution in [1.29, 1.82) is 0 Å². The van der Waals surface area contributed by atoms with Gasteiger partial charge in [0.15, 0.2) is 6.10 Å². The number of aliphatic carboxylic acids is 1. The molecule has 0 spiro atoms. The van der Waals surface area contributed by atoms with Crippen LogP contribution in [0, 0.1) is 6.92 Å². The number of carbonyl (C=O) groups is 1. The maximum atomic E-state index is 10.5. The van der Waals surface area contributed by atoms with Crippen LogP contribution in [0.1, 0.15) is 37.8 Å². The van der Waals surface area contributed by atoms with Crippen molar-refractivity contribution in [2.75, 3.05) is 0 Å². The minimum Gasteiger partial charge on any atom is -0.479 e. The second-order valence-electron chi connectivity index (χ2n) is 4.05.